The number of aromatic nitrogens is 1. The van der Waals surface area contributed by atoms with Crippen LogP contribution in [0.1, 0.15) is 42.3 Å². The molecular formula is C18H29IN4OS. The Morgan fingerprint density at radius 1 is 1.24 bits per heavy atom. The predicted octanol–water partition coefficient (Wildman–Crippen LogP) is 4.04. The Labute approximate surface area is 171 Å². The number of hydrogen-bond acceptors (Lipinski definition) is 4. The molecule has 2 aromatic rings. The van der Waals surface area contributed by atoms with Crippen molar-refractivity contribution in [3.63, 3.8) is 0 Å². The number of unbranched alkanes of at least 4 members (excludes halogenated alkanes) is 1. The highest BCUT2D eigenvalue weighted by molar-refractivity contribution is 14.0. The molecule has 0 spiro atoms. The van der Waals surface area contributed by atoms with Crippen molar-refractivity contribution in [3.8, 4) is 0 Å². The van der Waals surface area contributed by atoms with Crippen LogP contribution in [0, 0.1) is 0 Å². The van der Waals surface area contributed by atoms with Gasteiger partial charge >= 0.3 is 0 Å². The van der Waals surface area contributed by atoms with Crippen molar-refractivity contribution in [2.75, 3.05) is 19.6 Å². The van der Waals surface area contributed by atoms with Crippen LogP contribution in [0.2, 0.25) is 0 Å². The Bertz CT molecular complexity index is 598. The largest absolute Gasteiger partial charge is 0.469 e. The molecule has 0 unspecified atom stereocenters. The number of hydrogen-bond donors (Lipinski definition) is 2. The van der Waals surface area contributed by atoms with Gasteiger partial charge in [-0.1, -0.05) is 20.3 Å². The summed E-state index contributed by atoms with van der Waals surface area (Å²) in [5.41, 5.74) is 0. The SMILES string of the molecule is CCCCN=C(NCCc1ccco1)NCCc1ncc(CC)s1.I. The molecule has 25 heavy (non-hydrogen) atoms. The maximum absolute atomic E-state index is 5.36. The van der Waals surface area contributed by atoms with Crippen molar-refractivity contribution in [2.45, 2.75) is 46.0 Å². The first kappa shape index (κ1) is 22.0. The molecule has 7 heteroatoms. The summed E-state index contributed by atoms with van der Waals surface area (Å²) in [6, 6.07) is 3.92. The summed E-state index contributed by atoms with van der Waals surface area (Å²) in [4.78, 5) is 10.4. The molecule has 2 N–H and O–H groups in total. The number of aryl methyl sites for hydroxylation is 1. The molecule has 0 aromatic carbocycles. The van der Waals surface area contributed by atoms with E-state index in [2.05, 4.69) is 34.5 Å². The average Bonchev–Trinajstić information content (AvgIpc) is 3.26. The number of rotatable bonds is 10. The standard InChI is InChI=1S/C18H28N4OS.HI/c1-3-5-10-19-18(20-11-8-15-7-6-13-23-15)21-12-9-17-22-14-16(4-2)24-17;/h6-7,13-14H,3-5,8-12H2,1-2H3,(H2,19,20,21);1H. The highest BCUT2D eigenvalue weighted by Gasteiger charge is 2.03. The fourth-order valence-electron chi connectivity index (χ4n) is 2.20. The van der Waals surface area contributed by atoms with Crippen molar-refractivity contribution >= 4 is 41.3 Å². The highest BCUT2D eigenvalue weighted by Crippen LogP contribution is 2.13. The molecular weight excluding hydrogens is 447 g/mol. The monoisotopic (exact) mass is 476 g/mol. The van der Waals surface area contributed by atoms with Gasteiger partial charge in [0, 0.05) is 43.5 Å². The lowest BCUT2D eigenvalue weighted by atomic mass is 10.3. The first-order valence-electron chi connectivity index (χ1n) is 8.80. The second-order valence-electron chi connectivity index (χ2n) is 5.59. The van der Waals surface area contributed by atoms with Gasteiger partial charge in [-0.15, -0.1) is 35.3 Å². The number of nitrogens with one attached hydrogen (secondary N) is 2. The van der Waals surface area contributed by atoms with E-state index in [1.807, 2.05) is 18.3 Å². The summed E-state index contributed by atoms with van der Waals surface area (Å²) in [7, 11) is 0. The Hall–Kier alpha value is -1.09. The van der Waals surface area contributed by atoms with E-state index in [0.717, 1.165) is 63.5 Å². The number of nitrogens with zero attached hydrogens (tertiary/aromatic N) is 2. The Balaban J connectivity index is 0.00000312. The minimum Gasteiger partial charge on any atom is -0.469 e. The van der Waals surface area contributed by atoms with E-state index in [1.54, 1.807) is 17.6 Å². The van der Waals surface area contributed by atoms with Crippen LogP contribution in [-0.2, 0) is 19.3 Å². The van der Waals surface area contributed by atoms with Gasteiger partial charge in [0.05, 0.1) is 11.3 Å². The number of thiazole rings is 1. The van der Waals surface area contributed by atoms with Gasteiger partial charge in [0.25, 0.3) is 0 Å². The zero-order valence-corrected chi connectivity index (χ0v) is 18.2. The maximum Gasteiger partial charge on any atom is 0.191 e. The third kappa shape index (κ3) is 8.71. The molecule has 2 heterocycles. The summed E-state index contributed by atoms with van der Waals surface area (Å²) in [6.45, 7) is 6.85. The summed E-state index contributed by atoms with van der Waals surface area (Å²) < 4.78 is 5.36. The van der Waals surface area contributed by atoms with Gasteiger partial charge in [0.15, 0.2) is 5.96 Å². The molecule has 2 rings (SSSR count). The molecule has 0 aliphatic carbocycles. The van der Waals surface area contributed by atoms with Crippen LogP contribution in [0.15, 0.2) is 34.0 Å². The van der Waals surface area contributed by atoms with Crippen LogP contribution in [0.25, 0.3) is 0 Å². The zero-order chi connectivity index (χ0) is 17.0. The van der Waals surface area contributed by atoms with Crippen molar-refractivity contribution < 1.29 is 4.42 Å². The van der Waals surface area contributed by atoms with Crippen LogP contribution >= 0.6 is 35.3 Å². The minimum atomic E-state index is 0. The molecule has 0 aliphatic heterocycles. The Morgan fingerprint density at radius 2 is 2.04 bits per heavy atom. The molecule has 0 saturated carbocycles. The van der Waals surface area contributed by atoms with Crippen LogP contribution in [-0.4, -0.2) is 30.6 Å². The molecule has 140 valence electrons. The smallest absolute Gasteiger partial charge is 0.191 e. The lowest BCUT2D eigenvalue weighted by molar-refractivity contribution is 0.506. The third-order valence-electron chi connectivity index (χ3n) is 3.61. The molecule has 0 radical (unpaired) electrons. The van der Waals surface area contributed by atoms with E-state index in [1.165, 1.54) is 9.88 Å². The second kappa shape index (κ2) is 13.2. The van der Waals surface area contributed by atoms with Gasteiger partial charge in [0.1, 0.15) is 5.76 Å². The van der Waals surface area contributed by atoms with Gasteiger partial charge in [-0.25, -0.2) is 4.98 Å². The molecule has 0 saturated heterocycles. The quantitative estimate of drug-likeness (QED) is 0.235. The van der Waals surface area contributed by atoms with Gasteiger partial charge < -0.3 is 15.1 Å². The fourth-order valence-corrected chi connectivity index (χ4v) is 3.06. The van der Waals surface area contributed by atoms with E-state index >= 15 is 0 Å². The minimum absolute atomic E-state index is 0. The molecule has 0 fully saturated rings. The maximum atomic E-state index is 5.36. The number of aliphatic imine (C=N–C) groups is 1. The second-order valence-corrected chi connectivity index (χ2v) is 6.79. The van der Waals surface area contributed by atoms with E-state index < -0.39 is 0 Å². The fraction of sp³-hybridized carbons (Fsp3) is 0.556. The van der Waals surface area contributed by atoms with Crippen LogP contribution < -0.4 is 10.6 Å². The van der Waals surface area contributed by atoms with Gasteiger partial charge in [-0.2, -0.15) is 0 Å². The van der Waals surface area contributed by atoms with Gasteiger partial charge in [-0.3, -0.25) is 4.99 Å². The Morgan fingerprint density at radius 3 is 2.68 bits per heavy atom. The summed E-state index contributed by atoms with van der Waals surface area (Å²) in [5, 5.41) is 7.97. The van der Waals surface area contributed by atoms with Crippen LogP contribution in [0.5, 0.6) is 0 Å². The Kier molecular flexibility index (Phi) is 11.6. The normalized spacial score (nSPS) is 11.2. The molecule has 0 amide bonds. The van der Waals surface area contributed by atoms with Crippen molar-refractivity contribution in [1.82, 2.24) is 15.6 Å². The molecule has 0 atom stereocenters. The first-order valence-corrected chi connectivity index (χ1v) is 9.61. The zero-order valence-electron chi connectivity index (χ0n) is 15.1. The third-order valence-corrected chi connectivity index (χ3v) is 4.81. The first-order chi connectivity index (χ1) is 11.8. The topological polar surface area (TPSA) is 62.5 Å². The highest BCUT2D eigenvalue weighted by atomic mass is 127. The van der Waals surface area contributed by atoms with Crippen molar-refractivity contribution in [3.05, 3.63) is 40.2 Å². The number of furan rings is 1. The van der Waals surface area contributed by atoms with Gasteiger partial charge in [-0.05, 0) is 25.0 Å². The van der Waals surface area contributed by atoms with E-state index in [9.17, 15) is 0 Å². The number of halogens is 1. The van der Waals surface area contributed by atoms with E-state index in [0.29, 0.717) is 0 Å². The van der Waals surface area contributed by atoms with Crippen molar-refractivity contribution in [1.29, 1.82) is 0 Å². The van der Waals surface area contributed by atoms with Crippen LogP contribution in [0.3, 0.4) is 0 Å². The predicted molar refractivity (Wildman–Crippen MR) is 116 cm³/mol. The summed E-state index contributed by atoms with van der Waals surface area (Å²) in [6.07, 6.45) is 8.80. The lowest BCUT2D eigenvalue weighted by Crippen LogP contribution is -2.39. The van der Waals surface area contributed by atoms with Crippen LogP contribution in [0.4, 0.5) is 0 Å². The number of guanidine groups is 1. The summed E-state index contributed by atoms with van der Waals surface area (Å²) in [5.74, 6) is 1.87. The molecule has 5 nitrogen and oxygen atoms in total. The van der Waals surface area contributed by atoms with Gasteiger partial charge in [0.2, 0.25) is 0 Å². The lowest BCUT2D eigenvalue weighted by Gasteiger charge is -2.11. The summed E-state index contributed by atoms with van der Waals surface area (Å²) >= 11 is 1.80. The molecule has 0 aliphatic rings. The van der Waals surface area contributed by atoms with Crippen molar-refractivity contribution in [2.24, 2.45) is 4.99 Å². The van der Waals surface area contributed by atoms with E-state index in [4.69, 9.17) is 4.42 Å². The van der Waals surface area contributed by atoms with E-state index in [-0.39, 0.29) is 24.0 Å². The molecule has 2 aromatic heterocycles. The molecule has 0 bridgehead atoms. The average molecular weight is 476 g/mol.